The maximum Gasteiger partial charge on any atom is 0.323 e. The van der Waals surface area contributed by atoms with Gasteiger partial charge in [0.05, 0.1) is 31.4 Å². The lowest BCUT2D eigenvalue weighted by atomic mass is 10.00. The van der Waals surface area contributed by atoms with Crippen molar-refractivity contribution in [2.45, 2.75) is 234 Å². The van der Waals surface area contributed by atoms with Crippen LogP contribution in [0.2, 0.25) is 0 Å². The van der Waals surface area contributed by atoms with Gasteiger partial charge in [0.25, 0.3) is 0 Å². The molecule has 9 rings (SSSR count). The summed E-state index contributed by atoms with van der Waals surface area (Å²) >= 11 is 0.731. The summed E-state index contributed by atoms with van der Waals surface area (Å²) in [5, 5.41) is 89.8. The molecule has 46 heteroatoms. The first kappa shape index (κ1) is 107. The van der Waals surface area contributed by atoms with Gasteiger partial charge in [-0.1, -0.05) is 88.1 Å². The Morgan fingerprint density at radius 2 is 1.14 bits per heavy atom. The van der Waals surface area contributed by atoms with Gasteiger partial charge in [0, 0.05) is 125 Å². The third-order valence-electron chi connectivity index (χ3n) is 24.4. The number of aliphatic hydroxyl groups excluding tert-OH is 2. The van der Waals surface area contributed by atoms with Crippen LogP contribution in [0.15, 0.2) is 102 Å². The van der Waals surface area contributed by atoms with Crippen molar-refractivity contribution in [1.82, 2.24) is 87.2 Å². The molecule has 0 saturated carbocycles. The first-order chi connectivity index (χ1) is 65.2. The van der Waals surface area contributed by atoms with Crippen molar-refractivity contribution in [3.63, 3.8) is 0 Å². The minimum absolute atomic E-state index is 0.0579. The molecule has 3 saturated heterocycles. The highest BCUT2D eigenvalue weighted by molar-refractivity contribution is 8.00. The monoisotopic (exact) mass is 1930 g/mol. The maximum absolute atomic E-state index is 15.8. The average molecular weight is 1930 g/mol. The predicted octanol–water partition coefficient (Wildman–Crippen LogP) is -3.08. The van der Waals surface area contributed by atoms with E-state index in [0.717, 1.165) is 36.3 Å². The van der Waals surface area contributed by atoms with Crippen LogP contribution in [0.25, 0.3) is 21.8 Å². The van der Waals surface area contributed by atoms with Crippen molar-refractivity contribution < 1.29 is 122 Å². The number of nitrogens with zero attached hydrogens (tertiary/aromatic N) is 7. The van der Waals surface area contributed by atoms with Gasteiger partial charge in [-0.15, -0.1) is 11.8 Å². The van der Waals surface area contributed by atoms with Crippen LogP contribution < -0.4 is 64.6 Å². The highest BCUT2D eigenvalue weighted by atomic mass is 32.2. The van der Waals surface area contributed by atoms with Gasteiger partial charge in [0.1, 0.15) is 96.9 Å². The second-order valence-electron chi connectivity index (χ2n) is 34.4. The number of phenols is 1. The second kappa shape index (κ2) is 50.6. The third kappa shape index (κ3) is 29.3. The van der Waals surface area contributed by atoms with Gasteiger partial charge in [-0.2, -0.15) is 0 Å². The molecule has 137 heavy (non-hydrogen) atoms. The first-order valence-corrected chi connectivity index (χ1v) is 46.4. The molecular weight excluding hydrogens is 1810 g/mol. The van der Waals surface area contributed by atoms with Crippen LogP contribution in [0.5, 0.6) is 5.75 Å². The maximum atomic E-state index is 15.8. The first-order valence-electron chi connectivity index (χ1n) is 45.3. The molecule has 2 aromatic heterocycles. The SMILES string of the molecule is CCCC[C@H]1C(=O)N(C)[C@@H](CCCC)C(=O)N[C@@H](CCN)C(=O)N[C@H](C(=O)NCC(N)=O)CSCC(=O)N[C@@H](Cc2ccc(O)cc2)C(=O)N(C)[C@@H](C)C(=O)N[C@@H](CC(=O)O)C(=O)N2CCC[C@H]2C(=O)N[C@@H](CC2=CN=CC2)C(=O)N[C@@H](CCC(=O)O)C(=O)N2C[C@H](O)C[C@H]2C(=O)N[C@@H](Cc2c[nH]c3ccccc23)C(=O)N[C@@H](CO)C(=O)N[C@@H](Cc2cn(CC(=O)O)c3ccccc23)C(=O)N1C. The van der Waals surface area contributed by atoms with Gasteiger partial charge in [0.15, 0.2) is 0 Å². The smallest absolute Gasteiger partial charge is 0.323 e. The number of nitrogens with two attached hydrogens (primary N) is 2. The Morgan fingerprint density at radius 3 is 1.78 bits per heavy atom. The summed E-state index contributed by atoms with van der Waals surface area (Å²) in [4.78, 5) is 286. The number of carboxylic acids is 3. The van der Waals surface area contributed by atoms with Crippen molar-refractivity contribution >= 4 is 152 Å². The molecule has 0 spiro atoms. The van der Waals surface area contributed by atoms with Crippen molar-refractivity contribution in [3.8, 4) is 5.75 Å². The summed E-state index contributed by atoms with van der Waals surface area (Å²) in [6.45, 7) is 1.19. The number of aromatic amines is 1. The molecule has 15 atom stereocenters. The van der Waals surface area contributed by atoms with Crippen LogP contribution in [0.3, 0.4) is 0 Å². The van der Waals surface area contributed by atoms with E-state index in [4.69, 9.17) is 11.5 Å². The van der Waals surface area contributed by atoms with Crippen molar-refractivity contribution in [3.05, 3.63) is 114 Å². The van der Waals surface area contributed by atoms with Crippen LogP contribution in [0, 0.1) is 0 Å². The number of aliphatic imine (C=N–C) groups is 1. The Morgan fingerprint density at radius 1 is 0.562 bits per heavy atom. The predicted molar refractivity (Wildman–Crippen MR) is 495 cm³/mol. The van der Waals surface area contributed by atoms with E-state index in [9.17, 15) is 83.4 Å². The number of carbonyl (C=O) groups is 19. The van der Waals surface area contributed by atoms with Crippen LogP contribution >= 0.6 is 11.8 Å². The van der Waals surface area contributed by atoms with Crippen molar-refractivity contribution in [2.24, 2.45) is 16.5 Å². The molecule has 3 aromatic carbocycles. The number of carboxylic acid groups (broad SMARTS) is 3. The van der Waals surface area contributed by atoms with Gasteiger partial charge in [-0.05, 0) is 105 Å². The fraction of sp³-hybridized carbons (Fsp3) is 0.516. The standard InChI is InChI=1S/C91H122N20O25S/c1-7-9-19-69-84(129)98-59(29-31-92)80(125)105-67(79(124)96-42-73(93)115)47-137-48-74(116)97-63(34-50-23-25-54(113)26-24-50)87(132)106(4)49(3)78(123)102-65(39-76(119)120)90(135)110-33-15-22-70(110)85(130)100-61(35-51-30-32-94-40-51)81(126)99-60(27-28-75(117)118)89(134)111-44-55(114)38-72(111)86(131)101-62(36-52-41-95-58-18-13-11-16-56(52)58)82(127)104-66(46-112)83(128)103-64(88(133)108(6)71(20-10-8-2)91(136)107(69)5)37-53-43-109(45-77(121)122)68-21-14-12-17-57(53)68/h11-14,16-18,21,23-26,32,40-41,43,49,55,59-67,69-72,95,112-114H,7-10,15,19-20,22,27-31,33-39,42,44-48,92H2,1-6H3,(H2,93,115)(H,96,124)(H,97,116)(H,98,129)(H,99,126)(H,100,130)(H,101,131)(H,102,123)(H,103,128)(H,104,127)(H,105,125)(H,117,118)(H,119,120)(H,121,122)/t49-,55+,59-,60-,61-,62-,63-,64-,65-,66-,67-,69-,70-,71-,72-/m0/s1. The Balaban J connectivity index is 1.11. The van der Waals surface area contributed by atoms with Crippen LogP contribution in [0.1, 0.15) is 134 Å². The molecule has 0 bridgehead atoms. The minimum atomic E-state index is -2.01. The van der Waals surface area contributed by atoms with Crippen LogP contribution in [-0.4, -0.2) is 339 Å². The molecule has 21 N–H and O–H groups in total. The third-order valence-corrected chi connectivity index (χ3v) is 25.4. The molecular formula is C91H122N20O25S. The summed E-state index contributed by atoms with van der Waals surface area (Å²) in [6.07, 6.45) is 0.886. The number of aromatic hydroxyl groups is 1. The number of phenolic OH excluding ortho intramolecular Hbond substituents is 1. The number of thioether (sulfide) groups is 1. The van der Waals surface area contributed by atoms with E-state index < -0.39 is 279 Å². The van der Waals surface area contributed by atoms with Gasteiger partial charge >= 0.3 is 17.9 Å². The minimum Gasteiger partial charge on any atom is -0.508 e. The lowest BCUT2D eigenvalue weighted by Crippen LogP contribution is -2.61. The molecule has 0 unspecified atom stereocenters. The van der Waals surface area contributed by atoms with Gasteiger partial charge in [-0.3, -0.25) is 96.1 Å². The molecule has 742 valence electrons. The number of aromatic nitrogens is 2. The molecule has 0 radical (unpaired) electrons. The number of nitrogens with one attached hydrogen (secondary N) is 11. The fourth-order valence-electron chi connectivity index (χ4n) is 16.9. The quantitative estimate of drug-likeness (QED) is 0.0248. The van der Waals surface area contributed by atoms with Gasteiger partial charge < -0.3 is 129 Å². The number of rotatable bonds is 27. The number of likely N-dealkylation sites (N-methyl/N-ethyl adjacent to an activating group) is 3. The van der Waals surface area contributed by atoms with E-state index in [0.29, 0.717) is 51.3 Å². The summed E-state index contributed by atoms with van der Waals surface area (Å²) < 4.78 is 1.39. The zero-order chi connectivity index (χ0) is 100. The number of carbonyl (C=O) groups excluding carboxylic acids is 16. The van der Waals surface area contributed by atoms with Crippen LogP contribution in [-0.2, 0) is 117 Å². The zero-order valence-corrected chi connectivity index (χ0v) is 77.7. The van der Waals surface area contributed by atoms with E-state index in [1.165, 1.54) is 81.7 Å². The molecule has 4 aliphatic heterocycles. The summed E-state index contributed by atoms with van der Waals surface area (Å²) in [5.41, 5.74) is 13.9. The number of hydrogen-bond acceptors (Lipinski definition) is 25. The van der Waals surface area contributed by atoms with E-state index in [2.05, 4.69) is 63.1 Å². The molecule has 45 nitrogen and oxygen atoms in total. The van der Waals surface area contributed by atoms with E-state index in [1.807, 2.05) is 0 Å². The van der Waals surface area contributed by atoms with Crippen LogP contribution in [0.4, 0.5) is 0 Å². The highest BCUT2D eigenvalue weighted by Crippen LogP contribution is 2.29. The number of H-pyrrole nitrogens is 1. The van der Waals surface area contributed by atoms with Gasteiger partial charge in [0.2, 0.25) is 94.5 Å². The van der Waals surface area contributed by atoms with E-state index in [-0.39, 0.29) is 88.6 Å². The normalized spacial score (nSPS) is 25.0. The largest absolute Gasteiger partial charge is 0.508 e. The lowest BCUT2D eigenvalue weighted by Gasteiger charge is -2.36. The Bertz CT molecular complexity index is 5340. The molecule has 0 aliphatic carbocycles. The summed E-state index contributed by atoms with van der Waals surface area (Å²) in [6, 6.07) is -4.77. The highest BCUT2D eigenvalue weighted by Gasteiger charge is 2.47. The molecule has 6 heterocycles. The molecule has 5 aromatic rings. The topological polar surface area (TPSA) is 667 Å². The number of fused-ring (bicyclic) bond motifs is 4. The zero-order valence-electron chi connectivity index (χ0n) is 76.9. The van der Waals surface area contributed by atoms with E-state index in [1.54, 1.807) is 62.4 Å². The second-order valence-corrected chi connectivity index (χ2v) is 35.4. The molecule has 4 aliphatic rings. The van der Waals surface area contributed by atoms with Crippen molar-refractivity contribution in [1.29, 1.82) is 0 Å². The number of primary amides is 1. The Kier molecular flexibility index (Phi) is 39.5. The number of aliphatic hydroxyl groups is 2. The average Bonchev–Trinajstić information content (AvgIpc) is 1.64. The molecule has 3 fully saturated rings. The van der Waals surface area contributed by atoms with Crippen molar-refractivity contribution in [2.75, 3.05) is 65.4 Å². The summed E-state index contributed by atoms with van der Waals surface area (Å²) in [7, 11) is 3.73. The molecule has 16 amide bonds. The van der Waals surface area contributed by atoms with E-state index >= 15 is 38.4 Å². The number of amides is 16. The lowest BCUT2D eigenvalue weighted by molar-refractivity contribution is -0.149. The number of unbranched alkanes of at least 4 members (excludes halogenated alkanes) is 2. The number of para-hydroxylation sites is 2. The number of benzene rings is 3. The van der Waals surface area contributed by atoms with Gasteiger partial charge in [-0.25, -0.2) is 0 Å². The Labute approximate surface area is 792 Å². The fourth-order valence-corrected chi connectivity index (χ4v) is 17.7. The number of aliphatic carboxylic acids is 3. The summed E-state index contributed by atoms with van der Waals surface area (Å²) in [5.74, 6) is -22.1. The number of hydrogen-bond donors (Lipinski definition) is 19. The Hall–Kier alpha value is -13.9.